The molecule has 0 aliphatic rings. The number of sulfonamides is 1. The monoisotopic (exact) mass is 235 g/mol. The van der Waals surface area contributed by atoms with Gasteiger partial charge in [-0.25, -0.2) is 13.1 Å². The maximum absolute atomic E-state index is 11.6. The highest BCUT2D eigenvalue weighted by molar-refractivity contribution is 7.89. The summed E-state index contributed by atoms with van der Waals surface area (Å²) in [6.45, 7) is 3.71. The third-order valence-electron chi connectivity index (χ3n) is 1.70. The number of nitrogens with one attached hydrogen (secondary N) is 1. The lowest BCUT2D eigenvalue weighted by molar-refractivity contribution is 0.285. The molecular weight excluding hydrogens is 222 g/mol. The largest absolute Gasteiger partial charge is 0.391 e. The van der Waals surface area contributed by atoms with Gasteiger partial charge in [0.1, 0.15) is 0 Å². The van der Waals surface area contributed by atoms with E-state index in [1.807, 2.05) is 0 Å². The Bertz CT molecular complexity index is 408. The lowest BCUT2D eigenvalue weighted by atomic mass is 10.4. The van der Waals surface area contributed by atoms with Crippen LogP contribution in [0.25, 0.3) is 0 Å². The average Bonchev–Trinajstić information content (AvgIpc) is 2.47. The molecule has 1 aromatic rings. The minimum atomic E-state index is -3.38. The number of hydrogen-bond acceptors (Lipinski definition) is 4. The molecule has 0 bridgehead atoms. The number of hydrogen-bond donors (Lipinski definition) is 2. The van der Waals surface area contributed by atoms with Gasteiger partial charge in [-0.05, 0) is 13.0 Å². The first-order valence-corrected chi connectivity index (χ1v) is 6.51. The first-order valence-electron chi connectivity index (χ1n) is 4.21. The van der Waals surface area contributed by atoms with Gasteiger partial charge in [-0.1, -0.05) is 6.92 Å². The van der Waals surface area contributed by atoms with Crippen LogP contribution in [-0.4, -0.2) is 20.1 Å². The molecule has 14 heavy (non-hydrogen) atoms. The second-order valence-electron chi connectivity index (χ2n) is 2.79. The predicted molar refractivity (Wildman–Crippen MR) is 55.8 cm³/mol. The fourth-order valence-electron chi connectivity index (χ4n) is 1.14. The molecule has 0 spiro atoms. The Hall–Kier alpha value is -0.430. The van der Waals surface area contributed by atoms with Crippen LogP contribution >= 0.6 is 11.3 Å². The Kier molecular flexibility index (Phi) is 3.65. The van der Waals surface area contributed by atoms with Crippen LogP contribution in [0, 0.1) is 6.92 Å². The van der Waals surface area contributed by atoms with Crippen molar-refractivity contribution in [3.8, 4) is 0 Å². The Labute approximate surface area is 87.6 Å². The highest BCUT2D eigenvalue weighted by Crippen LogP contribution is 2.25. The van der Waals surface area contributed by atoms with Gasteiger partial charge in [0, 0.05) is 16.3 Å². The van der Waals surface area contributed by atoms with Crippen LogP contribution in [0.1, 0.15) is 16.7 Å². The van der Waals surface area contributed by atoms with Crippen LogP contribution in [0.15, 0.2) is 11.0 Å². The predicted octanol–water partition coefficient (Wildman–Crippen LogP) is 0.847. The van der Waals surface area contributed by atoms with Gasteiger partial charge < -0.3 is 5.11 Å². The minimum absolute atomic E-state index is 0.118. The van der Waals surface area contributed by atoms with Crippen LogP contribution in [0.5, 0.6) is 0 Å². The zero-order chi connectivity index (χ0) is 10.8. The van der Waals surface area contributed by atoms with Crippen LogP contribution in [0.2, 0.25) is 0 Å². The van der Waals surface area contributed by atoms with Crippen molar-refractivity contribution < 1.29 is 13.5 Å². The van der Waals surface area contributed by atoms with Gasteiger partial charge in [-0.2, -0.15) is 0 Å². The molecular formula is C8H13NO3S2. The third-order valence-corrected chi connectivity index (χ3v) is 4.54. The maximum atomic E-state index is 11.6. The summed E-state index contributed by atoms with van der Waals surface area (Å²) in [6, 6.07) is 1.51. The molecule has 0 saturated heterocycles. The van der Waals surface area contributed by atoms with E-state index in [1.165, 1.54) is 17.4 Å². The Morgan fingerprint density at radius 1 is 1.57 bits per heavy atom. The molecule has 0 aliphatic carbocycles. The highest BCUT2D eigenvalue weighted by atomic mass is 32.2. The van der Waals surface area contributed by atoms with Gasteiger partial charge in [0.2, 0.25) is 10.0 Å². The molecule has 80 valence electrons. The van der Waals surface area contributed by atoms with Crippen LogP contribution in [0.3, 0.4) is 0 Å². The zero-order valence-corrected chi connectivity index (χ0v) is 9.70. The Morgan fingerprint density at radius 2 is 2.21 bits per heavy atom. The van der Waals surface area contributed by atoms with E-state index in [0.717, 1.165) is 0 Å². The van der Waals surface area contributed by atoms with E-state index in [-0.39, 0.29) is 11.5 Å². The maximum Gasteiger partial charge on any atom is 0.241 e. The van der Waals surface area contributed by atoms with Crippen molar-refractivity contribution in [2.45, 2.75) is 25.3 Å². The quantitative estimate of drug-likeness (QED) is 0.813. The molecule has 0 radical (unpaired) electrons. The highest BCUT2D eigenvalue weighted by Gasteiger charge is 2.18. The molecule has 2 N–H and O–H groups in total. The van der Waals surface area contributed by atoms with E-state index in [4.69, 9.17) is 5.11 Å². The molecule has 0 atom stereocenters. The minimum Gasteiger partial charge on any atom is -0.391 e. The molecule has 0 saturated carbocycles. The van der Waals surface area contributed by atoms with Gasteiger partial charge in [0.05, 0.1) is 11.5 Å². The van der Waals surface area contributed by atoms with Gasteiger partial charge in [-0.3, -0.25) is 0 Å². The molecule has 0 aliphatic heterocycles. The van der Waals surface area contributed by atoms with E-state index in [2.05, 4.69) is 4.72 Å². The standard InChI is InChI=1S/C8H13NO3S2/c1-3-9-14(11,12)8-4-7(5-10)13-6(8)2/h4,9-10H,3,5H2,1-2H3. The van der Waals surface area contributed by atoms with Crippen LogP contribution < -0.4 is 4.72 Å². The molecule has 0 unspecified atom stereocenters. The molecule has 0 aromatic carbocycles. The summed E-state index contributed by atoms with van der Waals surface area (Å²) in [5.41, 5.74) is 0. The van der Waals surface area contributed by atoms with Crippen molar-refractivity contribution in [3.05, 3.63) is 15.8 Å². The van der Waals surface area contributed by atoms with Crippen molar-refractivity contribution in [3.63, 3.8) is 0 Å². The van der Waals surface area contributed by atoms with Gasteiger partial charge in [0.25, 0.3) is 0 Å². The number of rotatable bonds is 4. The lowest BCUT2D eigenvalue weighted by Gasteiger charge is -2.02. The fourth-order valence-corrected chi connectivity index (χ4v) is 3.67. The van der Waals surface area contributed by atoms with E-state index < -0.39 is 10.0 Å². The molecule has 0 amide bonds. The second kappa shape index (κ2) is 4.39. The third kappa shape index (κ3) is 2.33. The number of aryl methyl sites for hydroxylation is 1. The van der Waals surface area contributed by atoms with Crippen molar-refractivity contribution in [1.29, 1.82) is 0 Å². The molecule has 6 heteroatoms. The summed E-state index contributed by atoms with van der Waals surface area (Å²) in [4.78, 5) is 1.64. The summed E-state index contributed by atoms with van der Waals surface area (Å²) in [7, 11) is -3.38. The molecule has 1 aromatic heterocycles. The molecule has 1 heterocycles. The van der Waals surface area contributed by atoms with Crippen molar-refractivity contribution >= 4 is 21.4 Å². The first kappa shape index (κ1) is 11.6. The Morgan fingerprint density at radius 3 is 2.64 bits per heavy atom. The smallest absolute Gasteiger partial charge is 0.241 e. The van der Waals surface area contributed by atoms with Gasteiger partial charge in [0.15, 0.2) is 0 Å². The van der Waals surface area contributed by atoms with Crippen LogP contribution in [0.4, 0.5) is 0 Å². The molecule has 1 rings (SSSR count). The van der Waals surface area contributed by atoms with E-state index >= 15 is 0 Å². The van der Waals surface area contributed by atoms with Crippen molar-refractivity contribution in [2.75, 3.05) is 6.54 Å². The number of aliphatic hydroxyl groups is 1. The second-order valence-corrected chi connectivity index (χ2v) is 5.87. The molecule has 0 fully saturated rings. The summed E-state index contributed by atoms with van der Waals surface area (Å²) in [5.74, 6) is 0. The lowest BCUT2D eigenvalue weighted by Crippen LogP contribution is -2.23. The van der Waals surface area contributed by atoms with E-state index in [9.17, 15) is 8.42 Å². The summed E-state index contributed by atoms with van der Waals surface area (Å²) in [5, 5.41) is 8.87. The summed E-state index contributed by atoms with van der Waals surface area (Å²) < 4.78 is 25.6. The zero-order valence-electron chi connectivity index (χ0n) is 8.07. The van der Waals surface area contributed by atoms with E-state index in [0.29, 0.717) is 16.3 Å². The van der Waals surface area contributed by atoms with Crippen molar-refractivity contribution in [1.82, 2.24) is 4.72 Å². The number of aliphatic hydroxyl groups excluding tert-OH is 1. The van der Waals surface area contributed by atoms with Gasteiger partial charge in [-0.15, -0.1) is 11.3 Å². The summed E-state index contributed by atoms with van der Waals surface area (Å²) >= 11 is 1.30. The molecule has 4 nitrogen and oxygen atoms in total. The van der Waals surface area contributed by atoms with E-state index in [1.54, 1.807) is 13.8 Å². The number of thiophene rings is 1. The summed E-state index contributed by atoms with van der Waals surface area (Å²) in [6.07, 6.45) is 0. The average molecular weight is 235 g/mol. The van der Waals surface area contributed by atoms with Crippen LogP contribution in [-0.2, 0) is 16.6 Å². The Balaban J connectivity index is 3.12. The SMILES string of the molecule is CCNS(=O)(=O)c1cc(CO)sc1C. The van der Waals surface area contributed by atoms with Crippen molar-refractivity contribution in [2.24, 2.45) is 0 Å². The van der Waals surface area contributed by atoms with Gasteiger partial charge >= 0.3 is 0 Å². The fraction of sp³-hybridized carbons (Fsp3) is 0.500. The normalized spacial score (nSPS) is 11.9. The first-order chi connectivity index (χ1) is 6.51. The topological polar surface area (TPSA) is 66.4 Å².